The third kappa shape index (κ3) is 5.34. The summed E-state index contributed by atoms with van der Waals surface area (Å²) in [6, 6.07) is 23.7. The van der Waals surface area contributed by atoms with Gasteiger partial charge in [-0.2, -0.15) is 0 Å². The van der Waals surface area contributed by atoms with Crippen LogP contribution in [0.2, 0.25) is 0 Å². The Kier molecular flexibility index (Phi) is 7.33. The lowest BCUT2D eigenvalue weighted by atomic mass is 9.98. The number of thiophene rings is 1. The van der Waals surface area contributed by atoms with Gasteiger partial charge in [-0.15, -0.1) is 23.1 Å². The maximum Gasteiger partial charge on any atom is 0.191 e. The molecule has 0 fully saturated rings. The molecule has 2 aromatic heterocycles. The van der Waals surface area contributed by atoms with E-state index in [1.54, 1.807) is 23.5 Å². The predicted octanol–water partition coefficient (Wildman–Crippen LogP) is 9.35. The Bertz CT molecular complexity index is 1570. The highest BCUT2D eigenvalue weighted by molar-refractivity contribution is 9.10. The van der Waals surface area contributed by atoms with Gasteiger partial charge >= 0.3 is 0 Å². The number of anilines is 1. The lowest BCUT2D eigenvalue weighted by Crippen LogP contribution is -2.12. The van der Waals surface area contributed by atoms with Gasteiger partial charge in [0.25, 0.3) is 0 Å². The molecule has 0 radical (unpaired) electrons. The zero-order chi connectivity index (χ0) is 25.5. The van der Waals surface area contributed by atoms with Crippen LogP contribution in [0.25, 0.3) is 10.2 Å². The van der Waals surface area contributed by atoms with Crippen LogP contribution in [0, 0.1) is 5.82 Å². The van der Waals surface area contributed by atoms with Crippen LogP contribution in [0.1, 0.15) is 37.6 Å². The monoisotopic (exact) mass is 671 g/mol. The molecule has 0 aliphatic carbocycles. The molecular weight excluding hydrogens is 653 g/mol. The van der Waals surface area contributed by atoms with E-state index < -0.39 is 0 Å². The average molecular weight is 673 g/mol. The van der Waals surface area contributed by atoms with Crippen molar-refractivity contribution in [3.63, 3.8) is 0 Å². The largest absolute Gasteiger partial charge is 0.383 e. The minimum absolute atomic E-state index is 0.180. The van der Waals surface area contributed by atoms with Crippen LogP contribution in [-0.2, 0) is 12.2 Å². The maximum absolute atomic E-state index is 13.3. The number of rotatable bonds is 5. The molecule has 6 rings (SSSR count). The van der Waals surface area contributed by atoms with Gasteiger partial charge in [0.2, 0.25) is 0 Å². The van der Waals surface area contributed by atoms with Crippen molar-refractivity contribution in [3.8, 4) is 0 Å². The van der Waals surface area contributed by atoms with Gasteiger partial charge in [-0.25, -0.2) is 14.4 Å². The van der Waals surface area contributed by atoms with Gasteiger partial charge in [-0.1, -0.05) is 80.0 Å². The average Bonchev–Trinajstić information content (AvgIpc) is 3.28. The van der Waals surface area contributed by atoms with Crippen LogP contribution >= 0.6 is 66.7 Å². The van der Waals surface area contributed by atoms with Crippen molar-refractivity contribution in [1.82, 2.24) is 9.97 Å². The molecule has 0 unspecified atom stereocenters. The highest BCUT2D eigenvalue weighted by atomic mass is 79.9. The number of nitrogen functional groups attached to an aromatic ring is 1. The van der Waals surface area contributed by atoms with Gasteiger partial charge in [0, 0.05) is 24.8 Å². The van der Waals surface area contributed by atoms with Crippen LogP contribution in [0.4, 0.5) is 10.2 Å². The number of fused-ring (bicyclic) bond motifs is 3. The molecule has 3 nitrogen and oxygen atoms in total. The van der Waals surface area contributed by atoms with Gasteiger partial charge in [0.1, 0.15) is 16.5 Å². The molecule has 1 aliphatic rings. The van der Waals surface area contributed by atoms with E-state index in [0.717, 1.165) is 31.1 Å². The van der Waals surface area contributed by atoms with Crippen molar-refractivity contribution in [2.45, 2.75) is 27.8 Å². The van der Waals surface area contributed by atoms with Crippen molar-refractivity contribution < 1.29 is 4.39 Å². The Morgan fingerprint density at radius 1 is 0.892 bits per heavy atom. The normalized spacial score (nSPS) is 17.2. The Morgan fingerprint density at radius 3 is 2.22 bits per heavy atom. The molecule has 0 saturated heterocycles. The van der Waals surface area contributed by atoms with E-state index in [2.05, 4.69) is 85.4 Å². The Morgan fingerprint density at radius 2 is 1.54 bits per heavy atom. The maximum atomic E-state index is 13.3. The van der Waals surface area contributed by atoms with E-state index >= 15 is 0 Å². The van der Waals surface area contributed by atoms with Gasteiger partial charge < -0.3 is 5.73 Å². The highest BCUT2D eigenvalue weighted by Gasteiger charge is 2.34. The molecule has 2 N–H and O–H groups in total. The topological polar surface area (TPSA) is 51.8 Å². The van der Waals surface area contributed by atoms with Crippen LogP contribution in [0.5, 0.6) is 0 Å². The molecule has 9 heteroatoms. The number of nitrogens with zero attached hydrogens (tertiary/aromatic N) is 2. The fourth-order valence-corrected chi connectivity index (χ4v) is 8.90. The van der Waals surface area contributed by atoms with Crippen molar-refractivity contribution >= 4 is 82.8 Å². The first-order valence-corrected chi connectivity index (χ1v) is 15.9. The van der Waals surface area contributed by atoms with Crippen molar-refractivity contribution in [3.05, 3.63) is 115 Å². The van der Waals surface area contributed by atoms with Gasteiger partial charge in [-0.3, -0.25) is 0 Å². The second kappa shape index (κ2) is 10.7. The zero-order valence-corrected chi connectivity index (χ0v) is 24.9. The minimum Gasteiger partial charge on any atom is -0.383 e. The van der Waals surface area contributed by atoms with E-state index in [1.165, 1.54) is 45.5 Å². The molecule has 3 aromatic carbocycles. The first-order chi connectivity index (χ1) is 17.9. The van der Waals surface area contributed by atoms with E-state index in [-0.39, 0.29) is 11.1 Å². The van der Waals surface area contributed by atoms with Crippen molar-refractivity contribution in [1.29, 1.82) is 0 Å². The summed E-state index contributed by atoms with van der Waals surface area (Å²) in [7, 11) is 0. The molecule has 1 aliphatic heterocycles. The van der Waals surface area contributed by atoms with Crippen molar-refractivity contribution in [2.24, 2.45) is 0 Å². The lowest BCUT2D eigenvalue weighted by Gasteiger charge is -2.30. The van der Waals surface area contributed by atoms with Crippen molar-refractivity contribution in [2.75, 3.05) is 5.73 Å². The summed E-state index contributed by atoms with van der Waals surface area (Å²) >= 11 is 12.4. The number of benzene rings is 3. The third-order valence-electron chi connectivity index (χ3n) is 6.31. The lowest BCUT2D eigenvalue weighted by molar-refractivity contribution is 0.627. The molecule has 186 valence electrons. The number of hydrogen-bond acceptors (Lipinski definition) is 6. The molecule has 0 spiro atoms. The second-order valence-electron chi connectivity index (χ2n) is 8.74. The Hall–Kier alpha value is -1.91. The van der Waals surface area contributed by atoms with E-state index in [9.17, 15) is 4.39 Å². The predicted molar refractivity (Wildman–Crippen MR) is 162 cm³/mol. The number of aromatic nitrogens is 2. The third-order valence-corrected chi connectivity index (χ3v) is 11.2. The Balaban J connectivity index is 1.40. The number of thioether (sulfide) groups is 2. The molecule has 37 heavy (non-hydrogen) atoms. The molecule has 0 amide bonds. The van der Waals surface area contributed by atoms with E-state index in [4.69, 9.17) is 10.7 Å². The first kappa shape index (κ1) is 25.4. The van der Waals surface area contributed by atoms with Crippen LogP contribution in [0.3, 0.4) is 0 Å². The summed E-state index contributed by atoms with van der Waals surface area (Å²) in [5.74, 6) is 0.943. The summed E-state index contributed by atoms with van der Waals surface area (Å²) in [5, 5.41) is 2.10. The molecule has 0 bridgehead atoms. The van der Waals surface area contributed by atoms with Crippen LogP contribution in [0.15, 0.2) is 86.9 Å². The zero-order valence-electron chi connectivity index (χ0n) is 19.3. The fraction of sp³-hybridized carbons (Fsp3) is 0.143. The smallest absolute Gasteiger partial charge is 0.191 e. The highest BCUT2D eigenvalue weighted by Crippen LogP contribution is 2.56. The summed E-state index contributed by atoms with van der Waals surface area (Å²) in [6.45, 7) is 0. The summed E-state index contributed by atoms with van der Waals surface area (Å²) in [6.07, 6.45) is 0.879. The van der Waals surface area contributed by atoms with E-state index in [0.29, 0.717) is 22.0 Å². The number of hydrogen-bond donors (Lipinski definition) is 1. The Labute approximate surface area is 243 Å². The standard InChI is InChI=1S/C28H20Br2FN3S3/c29-18-7-3-16(4-8-18)22-13-21-23-26(32)33-28(35-14-15-1-11-20(31)12-2-15)34-27(23)37-25(21)24(36-22)17-5-9-19(30)10-6-17/h1-12,22,24H,13-14H2,(H2,32,33,34)/t22-,24-/m1/s1. The summed E-state index contributed by atoms with van der Waals surface area (Å²) in [5.41, 5.74) is 11.4. The summed E-state index contributed by atoms with van der Waals surface area (Å²) in [4.78, 5) is 11.8. The molecule has 3 heterocycles. The first-order valence-electron chi connectivity index (χ1n) is 11.6. The molecule has 0 saturated carbocycles. The number of nitrogens with two attached hydrogens (primary N) is 1. The fourth-order valence-electron chi connectivity index (χ4n) is 4.49. The quantitative estimate of drug-likeness (QED) is 0.149. The van der Waals surface area contributed by atoms with Crippen LogP contribution in [-0.4, -0.2) is 9.97 Å². The number of halogens is 3. The molecular formula is C28H20Br2FN3S3. The van der Waals surface area contributed by atoms with Gasteiger partial charge in [0.05, 0.1) is 10.6 Å². The molecule has 2 atom stereocenters. The summed E-state index contributed by atoms with van der Waals surface area (Å²) < 4.78 is 15.4. The van der Waals surface area contributed by atoms with Crippen LogP contribution < -0.4 is 5.73 Å². The van der Waals surface area contributed by atoms with E-state index in [1.807, 2.05) is 11.8 Å². The minimum atomic E-state index is -0.237. The molecule has 5 aromatic rings. The van der Waals surface area contributed by atoms with Gasteiger partial charge in [0.15, 0.2) is 5.16 Å². The van der Waals surface area contributed by atoms with Gasteiger partial charge in [-0.05, 0) is 65.1 Å². The second-order valence-corrected chi connectivity index (χ2v) is 13.9. The SMILES string of the molecule is Nc1nc(SCc2ccc(F)cc2)nc2sc3c(c12)C[C@H](c1ccc(Br)cc1)S[C@@H]3c1ccc(Br)cc1.